The predicted octanol–water partition coefficient (Wildman–Crippen LogP) is 7.03. The highest BCUT2D eigenvalue weighted by molar-refractivity contribution is 5.67. The SMILES string of the molecule is c1cc2cc(c1)Oc1ccc(cc1)CCc1ccccc1-c1ccc(cc1)CC2. The zero-order valence-electron chi connectivity index (χ0n) is 16.5. The molecule has 4 aliphatic rings. The molecule has 0 spiro atoms. The van der Waals surface area contributed by atoms with E-state index < -0.39 is 0 Å². The highest BCUT2D eigenvalue weighted by Gasteiger charge is 2.07. The van der Waals surface area contributed by atoms with E-state index in [1.807, 2.05) is 6.07 Å². The molecule has 4 heterocycles. The third-order valence-corrected chi connectivity index (χ3v) is 5.73. The molecule has 0 radical (unpaired) electrons. The molecule has 0 atom stereocenters. The highest BCUT2D eigenvalue weighted by atomic mass is 16.5. The van der Waals surface area contributed by atoms with Crippen molar-refractivity contribution >= 4 is 0 Å². The minimum atomic E-state index is 0.891. The van der Waals surface area contributed by atoms with Gasteiger partial charge in [0.05, 0.1) is 0 Å². The zero-order valence-corrected chi connectivity index (χ0v) is 16.5. The second-order valence-electron chi connectivity index (χ2n) is 7.75. The lowest BCUT2D eigenvalue weighted by molar-refractivity contribution is 0.481. The Morgan fingerprint density at radius 3 is 2.00 bits per heavy atom. The molecule has 0 unspecified atom stereocenters. The number of rotatable bonds is 0. The van der Waals surface area contributed by atoms with Gasteiger partial charge < -0.3 is 4.74 Å². The Bertz CT molecular complexity index is 1110. The summed E-state index contributed by atoms with van der Waals surface area (Å²) in [6.07, 6.45) is 4.08. The number of hydrogen-bond donors (Lipinski definition) is 0. The molecule has 0 aliphatic carbocycles. The van der Waals surface area contributed by atoms with Gasteiger partial charge in [-0.15, -0.1) is 0 Å². The van der Waals surface area contributed by atoms with Crippen molar-refractivity contribution < 1.29 is 4.74 Å². The standard InChI is InChI=1S/C28H24O/c1-2-7-28-24(5-1)15-10-22-13-18-26(19-14-22)29-27-6-3-4-23(20-27)9-8-21-11-16-25(28)17-12-21/h1-7,11-14,16-20H,8-10,15H2. The van der Waals surface area contributed by atoms with E-state index in [9.17, 15) is 0 Å². The van der Waals surface area contributed by atoms with Crippen LogP contribution in [0.2, 0.25) is 0 Å². The first kappa shape index (κ1) is 17.8. The molecule has 0 aromatic heterocycles. The molecular formula is C28H24O. The smallest absolute Gasteiger partial charge is 0.127 e. The Morgan fingerprint density at radius 2 is 1.17 bits per heavy atom. The second kappa shape index (κ2) is 7.97. The first-order chi connectivity index (χ1) is 14.3. The number of hydrogen-bond acceptors (Lipinski definition) is 1. The summed E-state index contributed by atoms with van der Waals surface area (Å²) in [6.45, 7) is 0. The van der Waals surface area contributed by atoms with Gasteiger partial charge in [0.15, 0.2) is 0 Å². The quantitative estimate of drug-likeness (QED) is 0.320. The fraction of sp³-hybridized carbons (Fsp3) is 0.143. The van der Waals surface area contributed by atoms with Crippen LogP contribution in [0.15, 0.2) is 97.1 Å². The fourth-order valence-electron chi connectivity index (χ4n) is 4.06. The molecule has 0 amide bonds. The summed E-state index contributed by atoms with van der Waals surface area (Å²) in [5.41, 5.74) is 8.04. The molecule has 4 aromatic carbocycles. The van der Waals surface area contributed by atoms with Crippen LogP contribution in [0.5, 0.6) is 11.5 Å². The molecule has 4 aliphatic heterocycles. The Labute approximate surface area is 172 Å². The summed E-state index contributed by atoms with van der Waals surface area (Å²) < 4.78 is 6.10. The van der Waals surface area contributed by atoms with Gasteiger partial charge in [0, 0.05) is 0 Å². The van der Waals surface area contributed by atoms with Gasteiger partial charge >= 0.3 is 0 Å². The molecular weight excluding hydrogens is 352 g/mol. The summed E-state index contributed by atoms with van der Waals surface area (Å²) in [6, 6.07) is 34.8. The third kappa shape index (κ3) is 4.09. The van der Waals surface area contributed by atoms with Crippen LogP contribution in [-0.4, -0.2) is 0 Å². The van der Waals surface area contributed by atoms with E-state index in [0.717, 1.165) is 37.2 Å². The molecule has 1 nitrogen and oxygen atoms in total. The number of benzene rings is 4. The Hall–Kier alpha value is -3.32. The van der Waals surface area contributed by atoms with Gasteiger partial charge in [0.2, 0.25) is 0 Å². The van der Waals surface area contributed by atoms with Crippen molar-refractivity contribution in [2.24, 2.45) is 0 Å². The van der Waals surface area contributed by atoms with Gasteiger partial charge in [-0.05, 0) is 83.3 Å². The van der Waals surface area contributed by atoms with E-state index in [1.165, 1.54) is 33.4 Å². The van der Waals surface area contributed by atoms with E-state index >= 15 is 0 Å². The lowest BCUT2D eigenvalue weighted by Crippen LogP contribution is -1.96. The van der Waals surface area contributed by atoms with Crippen molar-refractivity contribution in [3.8, 4) is 22.6 Å². The van der Waals surface area contributed by atoms with E-state index in [-0.39, 0.29) is 0 Å². The molecule has 29 heavy (non-hydrogen) atoms. The Kier molecular flexibility index (Phi) is 4.88. The van der Waals surface area contributed by atoms with Gasteiger partial charge in [-0.3, -0.25) is 0 Å². The highest BCUT2D eigenvalue weighted by Crippen LogP contribution is 2.27. The topological polar surface area (TPSA) is 9.23 Å². The van der Waals surface area contributed by atoms with Crippen LogP contribution in [0.1, 0.15) is 22.3 Å². The van der Waals surface area contributed by atoms with E-state index in [1.54, 1.807) is 0 Å². The third-order valence-electron chi connectivity index (χ3n) is 5.73. The molecule has 0 N–H and O–H groups in total. The van der Waals surface area contributed by atoms with Crippen LogP contribution < -0.4 is 4.74 Å². The first-order valence-corrected chi connectivity index (χ1v) is 10.4. The lowest BCUT2D eigenvalue weighted by Gasteiger charge is -2.12. The van der Waals surface area contributed by atoms with Crippen LogP contribution in [0.3, 0.4) is 0 Å². The average Bonchev–Trinajstić information content (AvgIpc) is 2.78. The van der Waals surface area contributed by atoms with Crippen LogP contribution in [0.4, 0.5) is 0 Å². The number of aryl methyl sites for hydroxylation is 4. The van der Waals surface area contributed by atoms with Crippen LogP contribution in [0.25, 0.3) is 11.1 Å². The predicted molar refractivity (Wildman–Crippen MR) is 120 cm³/mol. The number of ether oxygens (including phenoxy) is 1. The van der Waals surface area contributed by atoms with Crippen LogP contribution in [0, 0.1) is 0 Å². The summed E-state index contributed by atoms with van der Waals surface area (Å²) >= 11 is 0. The van der Waals surface area contributed by atoms with Gasteiger partial charge in [0.1, 0.15) is 11.5 Å². The molecule has 1 heteroatoms. The van der Waals surface area contributed by atoms with E-state index in [4.69, 9.17) is 4.74 Å². The first-order valence-electron chi connectivity index (χ1n) is 10.4. The average molecular weight is 376 g/mol. The van der Waals surface area contributed by atoms with Gasteiger partial charge in [-0.1, -0.05) is 72.8 Å². The monoisotopic (exact) mass is 376 g/mol. The Balaban J connectivity index is 1.53. The zero-order chi connectivity index (χ0) is 19.5. The van der Waals surface area contributed by atoms with E-state index in [0.29, 0.717) is 0 Å². The summed E-state index contributed by atoms with van der Waals surface area (Å²) in [7, 11) is 0. The van der Waals surface area contributed by atoms with Crippen LogP contribution in [-0.2, 0) is 25.7 Å². The Morgan fingerprint density at radius 1 is 0.483 bits per heavy atom. The van der Waals surface area contributed by atoms with Crippen molar-refractivity contribution in [3.63, 3.8) is 0 Å². The maximum atomic E-state index is 6.10. The molecule has 0 fully saturated rings. The van der Waals surface area contributed by atoms with Gasteiger partial charge in [0.25, 0.3) is 0 Å². The maximum Gasteiger partial charge on any atom is 0.127 e. The summed E-state index contributed by atoms with van der Waals surface area (Å²) in [5, 5.41) is 0. The van der Waals surface area contributed by atoms with Crippen molar-refractivity contribution in [1.29, 1.82) is 0 Å². The van der Waals surface area contributed by atoms with Crippen molar-refractivity contribution in [2.75, 3.05) is 0 Å². The minimum absolute atomic E-state index is 0.891. The molecule has 0 saturated carbocycles. The minimum Gasteiger partial charge on any atom is -0.457 e. The normalized spacial score (nSPS) is 13.2. The summed E-state index contributed by atoms with van der Waals surface area (Å²) in [4.78, 5) is 0. The van der Waals surface area contributed by atoms with Crippen molar-refractivity contribution in [2.45, 2.75) is 25.7 Å². The fourth-order valence-corrected chi connectivity index (χ4v) is 4.06. The largest absolute Gasteiger partial charge is 0.457 e. The van der Waals surface area contributed by atoms with Gasteiger partial charge in [-0.25, -0.2) is 0 Å². The molecule has 142 valence electrons. The van der Waals surface area contributed by atoms with Crippen LogP contribution >= 0.6 is 0 Å². The van der Waals surface area contributed by atoms with Gasteiger partial charge in [-0.2, -0.15) is 0 Å². The molecule has 6 bridgehead atoms. The summed E-state index contributed by atoms with van der Waals surface area (Å²) in [5.74, 6) is 1.79. The molecule has 4 aromatic rings. The van der Waals surface area contributed by atoms with E-state index in [2.05, 4.69) is 91.0 Å². The molecule has 0 saturated heterocycles. The lowest BCUT2D eigenvalue weighted by atomic mass is 9.94. The van der Waals surface area contributed by atoms with Crippen molar-refractivity contribution in [3.05, 3.63) is 119 Å². The second-order valence-corrected chi connectivity index (χ2v) is 7.75. The molecule has 8 rings (SSSR count). The van der Waals surface area contributed by atoms with Crippen molar-refractivity contribution in [1.82, 2.24) is 0 Å². The maximum absolute atomic E-state index is 6.10.